The van der Waals surface area contributed by atoms with Crippen LogP contribution in [-0.4, -0.2) is 52.8 Å². The highest BCUT2D eigenvalue weighted by Gasteiger charge is 2.33. The van der Waals surface area contributed by atoms with E-state index >= 15 is 0 Å². The topological polar surface area (TPSA) is 26.8 Å². The summed E-state index contributed by atoms with van der Waals surface area (Å²) in [6.07, 6.45) is 2.00. The van der Waals surface area contributed by atoms with Crippen LogP contribution in [0.15, 0.2) is 41.4 Å². The van der Waals surface area contributed by atoms with Crippen molar-refractivity contribution in [3.8, 4) is 0 Å². The summed E-state index contributed by atoms with van der Waals surface area (Å²) < 4.78 is 0.683. The minimum atomic E-state index is 0.0594. The quantitative estimate of drug-likeness (QED) is 0.606. The Hall–Kier alpha value is -1.53. The molecule has 0 saturated carbocycles. The summed E-state index contributed by atoms with van der Waals surface area (Å²) in [6, 6.07) is 10.5. The predicted molar refractivity (Wildman–Crippen MR) is 105 cm³/mol. The first kappa shape index (κ1) is 17.3. The second-order valence-corrected chi connectivity index (χ2v) is 8.21. The third-order valence-electron chi connectivity index (χ3n) is 4.16. The van der Waals surface area contributed by atoms with Gasteiger partial charge in [0.25, 0.3) is 5.91 Å². The first-order chi connectivity index (χ1) is 11.5. The number of para-hydroxylation sites is 1. The molecule has 0 aromatic heterocycles. The molecule has 3 rings (SSSR count). The Labute approximate surface area is 153 Å². The Morgan fingerprint density at radius 3 is 2.46 bits per heavy atom. The van der Waals surface area contributed by atoms with Gasteiger partial charge in [-0.05, 0) is 18.1 Å². The number of nitrogens with zero attached hydrogens (tertiary/aromatic N) is 3. The Morgan fingerprint density at radius 2 is 1.83 bits per heavy atom. The van der Waals surface area contributed by atoms with Gasteiger partial charge in [-0.3, -0.25) is 9.69 Å². The van der Waals surface area contributed by atoms with Crippen LogP contribution in [0.2, 0.25) is 0 Å². The molecule has 128 valence electrons. The Bertz CT molecular complexity index is 637. The number of anilines is 1. The minimum absolute atomic E-state index is 0.0594. The molecule has 2 heterocycles. The fourth-order valence-electron chi connectivity index (χ4n) is 2.93. The number of amides is 1. The van der Waals surface area contributed by atoms with Crippen LogP contribution in [0.3, 0.4) is 0 Å². The van der Waals surface area contributed by atoms with Gasteiger partial charge in [0, 0.05) is 44.6 Å². The van der Waals surface area contributed by atoms with Crippen molar-refractivity contribution in [2.75, 3.05) is 37.6 Å². The lowest BCUT2D eigenvalue weighted by molar-refractivity contribution is -0.122. The SMILES string of the molecule is CC(C)CN1C(=O)C(=CN2CCN(c3ccccc3)CC2)SC1=S. The standard InChI is InChI=1S/C18H23N3OS2/c1-14(2)12-21-17(22)16(24-18(21)23)13-19-8-10-20(11-9-19)15-6-4-3-5-7-15/h3-7,13-14H,8-12H2,1-2H3. The third kappa shape index (κ3) is 3.92. The number of piperazine rings is 1. The van der Waals surface area contributed by atoms with Gasteiger partial charge < -0.3 is 9.80 Å². The second-order valence-electron chi connectivity index (χ2n) is 6.53. The number of hydrogen-bond acceptors (Lipinski definition) is 5. The fourth-order valence-corrected chi connectivity index (χ4v) is 4.21. The zero-order chi connectivity index (χ0) is 17.1. The van der Waals surface area contributed by atoms with Crippen molar-refractivity contribution < 1.29 is 4.79 Å². The first-order valence-electron chi connectivity index (χ1n) is 8.34. The van der Waals surface area contributed by atoms with Crippen molar-refractivity contribution in [2.45, 2.75) is 13.8 Å². The zero-order valence-electron chi connectivity index (χ0n) is 14.1. The van der Waals surface area contributed by atoms with Gasteiger partial charge in [-0.2, -0.15) is 0 Å². The Morgan fingerprint density at radius 1 is 1.17 bits per heavy atom. The van der Waals surface area contributed by atoms with E-state index in [1.807, 2.05) is 12.3 Å². The fraction of sp³-hybridized carbons (Fsp3) is 0.444. The number of thioether (sulfide) groups is 1. The van der Waals surface area contributed by atoms with Crippen molar-refractivity contribution in [1.29, 1.82) is 0 Å². The van der Waals surface area contributed by atoms with E-state index in [0.29, 0.717) is 16.8 Å². The molecule has 0 bridgehead atoms. The highest BCUT2D eigenvalue weighted by Crippen LogP contribution is 2.32. The van der Waals surface area contributed by atoms with Crippen molar-refractivity contribution in [1.82, 2.24) is 9.80 Å². The molecule has 2 saturated heterocycles. The van der Waals surface area contributed by atoms with Gasteiger partial charge in [-0.15, -0.1) is 0 Å². The van der Waals surface area contributed by atoms with E-state index in [0.717, 1.165) is 31.1 Å². The monoisotopic (exact) mass is 361 g/mol. The van der Waals surface area contributed by atoms with Crippen LogP contribution in [0.25, 0.3) is 0 Å². The van der Waals surface area contributed by atoms with Crippen LogP contribution in [0.4, 0.5) is 5.69 Å². The summed E-state index contributed by atoms with van der Waals surface area (Å²) >= 11 is 6.79. The number of rotatable bonds is 4. The first-order valence-corrected chi connectivity index (χ1v) is 9.56. The van der Waals surface area contributed by atoms with Crippen LogP contribution >= 0.6 is 24.0 Å². The maximum atomic E-state index is 12.5. The molecule has 24 heavy (non-hydrogen) atoms. The highest BCUT2D eigenvalue weighted by atomic mass is 32.2. The number of benzene rings is 1. The summed E-state index contributed by atoms with van der Waals surface area (Å²) in [5.41, 5.74) is 1.26. The van der Waals surface area contributed by atoms with Gasteiger partial charge in [0.2, 0.25) is 0 Å². The van der Waals surface area contributed by atoms with E-state index in [9.17, 15) is 4.79 Å². The zero-order valence-corrected chi connectivity index (χ0v) is 15.8. The van der Waals surface area contributed by atoms with E-state index in [4.69, 9.17) is 12.2 Å². The lowest BCUT2D eigenvalue weighted by atomic mass is 10.2. The molecular formula is C18H23N3OS2. The summed E-state index contributed by atoms with van der Waals surface area (Å²) in [6.45, 7) is 8.67. The normalized spacial score (nSPS) is 20.6. The van der Waals surface area contributed by atoms with E-state index in [1.54, 1.807) is 4.90 Å². The molecule has 4 nitrogen and oxygen atoms in total. The van der Waals surface area contributed by atoms with Crippen LogP contribution < -0.4 is 4.90 Å². The highest BCUT2D eigenvalue weighted by molar-refractivity contribution is 8.26. The maximum Gasteiger partial charge on any atom is 0.267 e. The summed E-state index contributed by atoms with van der Waals surface area (Å²) in [7, 11) is 0. The molecule has 2 aliphatic heterocycles. The van der Waals surface area contributed by atoms with E-state index < -0.39 is 0 Å². The van der Waals surface area contributed by atoms with E-state index in [2.05, 4.69) is 47.9 Å². The molecule has 6 heteroatoms. The summed E-state index contributed by atoms with van der Waals surface area (Å²) in [4.78, 5) is 19.6. The molecule has 1 aromatic carbocycles. The molecule has 2 fully saturated rings. The molecule has 1 amide bonds. The Kier molecular flexibility index (Phi) is 5.46. The number of hydrogen-bond donors (Lipinski definition) is 0. The maximum absolute atomic E-state index is 12.5. The smallest absolute Gasteiger partial charge is 0.267 e. The average molecular weight is 362 g/mol. The van der Waals surface area contributed by atoms with Crippen molar-refractivity contribution in [3.63, 3.8) is 0 Å². The number of carbonyl (C=O) groups excluding carboxylic acids is 1. The van der Waals surface area contributed by atoms with Crippen LogP contribution in [0.1, 0.15) is 13.8 Å². The third-order valence-corrected chi connectivity index (χ3v) is 5.52. The lowest BCUT2D eigenvalue weighted by Crippen LogP contribution is -2.44. The second kappa shape index (κ2) is 7.57. The minimum Gasteiger partial charge on any atom is -0.373 e. The van der Waals surface area contributed by atoms with Crippen molar-refractivity contribution >= 4 is 39.9 Å². The number of carbonyl (C=O) groups is 1. The van der Waals surface area contributed by atoms with Gasteiger partial charge in [-0.1, -0.05) is 56.0 Å². The lowest BCUT2D eigenvalue weighted by Gasteiger charge is -2.35. The molecule has 0 radical (unpaired) electrons. The molecule has 0 aliphatic carbocycles. The predicted octanol–water partition coefficient (Wildman–Crippen LogP) is 3.17. The van der Waals surface area contributed by atoms with Gasteiger partial charge >= 0.3 is 0 Å². The van der Waals surface area contributed by atoms with E-state index in [1.165, 1.54) is 17.4 Å². The summed E-state index contributed by atoms with van der Waals surface area (Å²) in [5.74, 6) is 0.477. The van der Waals surface area contributed by atoms with Gasteiger partial charge in [0.1, 0.15) is 4.32 Å². The molecule has 0 unspecified atom stereocenters. The van der Waals surface area contributed by atoms with Crippen LogP contribution in [-0.2, 0) is 4.79 Å². The summed E-state index contributed by atoms with van der Waals surface area (Å²) in [5, 5.41) is 0. The van der Waals surface area contributed by atoms with Crippen molar-refractivity contribution in [3.05, 3.63) is 41.4 Å². The average Bonchev–Trinajstić information content (AvgIpc) is 2.83. The largest absolute Gasteiger partial charge is 0.373 e. The number of thiocarbonyl (C=S) groups is 1. The van der Waals surface area contributed by atoms with Crippen molar-refractivity contribution in [2.24, 2.45) is 5.92 Å². The molecule has 0 atom stereocenters. The molecule has 0 spiro atoms. The van der Waals surface area contributed by atoms with Gasteiger partial charge in [0.05, 0.1) is 4.91 Å². The molecule has 1 aromatic rings. The molecule has 2 aliphatic rings. The van der Waals surface area contributed by atoms with Gasteiger partial charge in [0.15, 0.2) is 0 Å². The Balaban J connectivity index is 1.60. The van der Waals surface area contributed by atoms with Crippen LogP contribution in [0.5, 0.6) is 0 Å². The molecule has 0 N–H and O–H groups in total. The van der Waals surface area contributed by atoms with E-state index in [-0.39, 0.29) is 5.91 Å². The van der Waals surface area contributed by atoms with Crippen LogP contribution in [0, 0.1) is 5.92 Å². The molecular weight excluding hydrogens is 338 g/mol. The van der Waals surface area contributed by atoms with Gasteiger partial charge in [-0.25, -0.2) is 0 Å².